The number of rotatable bonds is 11. The smallest absolute Gasteiger partial charge is 0.407 e. The van der Waals surface area contributed by atoms with Gasteiger partial charge in [-0.1, -0.05) is 27.7 Å². The molecule has 54 heavy (non-hydrogen) atoms. The van der Waals surface area contributed by atoms with Crippen LogP contribution in [0.1, 0.15) is 77.1 Å². The second-order valence-corrected chi connectivity index (χ2v) is 14.7. The van der Waals surface area contributed by atoms with Crippen molar-refractivity contribution in [2.24, 2.45) is 11.8 Å². The molecule has 18 nitrogen and oxygen atoms in total. The highest BCUT2D eigenvalue weighted by molar-refractivity contribution is 5.87. The molecule has 292 valence electrons. The molecule has 3 aromatic heterocycles. The number of aromatic nitrogens is 6. The van der Waals surface area contributed by atoms with Crippen LogP contribution < -0.4 is 20.4 Å². The molecule has 0 bridgehead atoms. The maximum atomic E-state index is 13.5. The van der Waals surface area contributed by atoms with E-state index in [1.54, 1.807) is 23.5 Å². The molecule has 3 saturated heterocycles. The first-order valence-electron chi connectivity index (χ1n) is 18.7. The number of alkyl carbamates (subject to hydrolysis) is 2. The van der Waals surface area contributed by atoms with Crippen molar-refractivity contribution in [3.63, 3.8) is 0 Å². The van der Waals surface area contributed by atoms with Crippen LogP contribution in [0, 0.1) is 11.8 Å². The average molecular weight is 749 g/mol. The highest BCUT2D eigenvalue weighted by Gasteiger charge is 2.39. The van der Waals surface area contributed by atoms with Crippen molar-refractivity contribution in [2.75, 3.05) is 63.3 Å². The molecule has 4 amide bonds. The number of amides is 4. The van der Waals surface area contributed by atoms with Gasteiger partial charge in [0.15, 0.2) is 0 Å². The summed E-state index contributed by atoms with van der Waals surface area (Å²) in [6, 6.07) is -1.81. The third-order valence-electron chi connectivity index (χ3n) is 10.5. The van der Waals surface area contributed by atoms with Crippen LogP contribution in [0.3, 0.4) is 0 Å². The number of methoxy groups -OCH3 is 2. The van der Waals surface area contributed by atoms with E-state index >= 15 is 0 Å². The number of H-pyrrole nitrogens is 2. The van der Waals surface area contributed by atoms with Gasteiger partial charge in [-0.2, -0.15) is 0 Å². The van der Waals surface area contributed by atoms with E-state index in [2.05, 4.69) is 50.3 Å². The van der Waals surface area contributed by atoms with Gasteiger partial charge in [0.1, 0.15) is 29.6 Å². The van der Waals surface area contributed by atoms with E-state index in [0.29, 0.717) is 38.0 Å². The van der Waals surface area contributed by atoms with Crippen molar-refractivity contribution in [1.29, 1.82) is 0 Å². The fourth-order valence-corrected chi connectivity index (χ4v) is 7.47. The van der Waals surface area contributed by atoms with E-state index in [1.807, 2.05) is 38.8 Å². The van der Waals surface area contributed by atoms with Gasteiger partial charge in [0.05, 0.1) is 44.4 Å². The highest BCUT2D eigenvalue weighted by atomic mass is 16.5. The maximum Gasteiger partial charge on any atom is 0.407 e. The number of piperazine rings is 1. The van der Waals surface area contributed by atoms with E-state index in [4.69, 9.17) is 9.47 Å². The number of hydrogen-bond acceptors (Lipinski definition) is 12. The van der Waals surface area contributed by atoms with Crippen LogP contribution in [0.2, 0.25) is 0 Å². The number of hydrogen-bond donors (Lipinski definition) is 4. The first-order chi connectivity index (χ1) is 26.0. The van der Waals surface area contributed by atoms with E-state index in [1.165, 1.54) is 14.2 Å². The molecule has 0 radical (unpaired) electrons. The Hall–Kier alpha value is -5.42. The lowest BCUT2D eigenvalue weighted by Crippen LogP contribution is -2.51. The molecule has 3 aliphatic rings. The molecule has 4 atom stereocenters. The minimum atomic E-state index is -0.700. The first kappa shape index (κ1) is 38.3. The summed E-state index contributed by atoms with van der Waals surface area (Å²) >= 11 is 0. The number of likely N-dealkylation sites (tertiary alicyclic amines) is 2. The van der Waals surface area contributed by atoms with Crippen molar-refractivity contribution in [3.05, 3.63) is 36.4 Å². The number of imidazole rings is 2. The lowest BCUT2D eigenvalue weighted by molar-refractivity contribution is -0.136. The van der Waals surface area contributed by atoms with E-state index < -0.39 is 24.3 Å². The lowest BCUT2D eigenvalue weighted by Gasteiger charge is -2.35. The van der Waals surface area contributed by atoms with Gasteiger partial charge in [-0.15, -0.1) is 0 Å². The Balaban J connectivity index is 1.04. The molecule has 4 unspecified atom stereocenters. The summed E-state index contributed by atoms with van der Waals surface area (Å²) in [5.74, 6) is 2.44. The van der Waals surface area contributed by atoms with Crippen LogP contribution in [0.15, 0.2) is 24.8 Å². The Kier molecular flexibility index (Phi) is 11.9. The monoisotopic (exact) mass is 748 g/mol. The van der Waals surface area contributed by atoms with Crippen molar-refractivity contribution in [1.82, 2.24) is 50.3 Å². The van der Waals surface area contributed by atoms with Gasteiger partial charge in [0.2, 0.25) is 17.8 Å². The van der Waals surface area contributed by atoms with Gasteiger partial charge in [-0.25, -0.2) is 29.5 Å². The fourth-order valence-electron chi connectivity index (χ4n) is 7.47. The summed E-state index contributed by atoms with van der Waals surface area (Å²) in [6.45, 7) is 11.6. The number of carbonyl (C=O) groups is 4. The Labute approximate surface area is 314 Å². The van der Waals surface area contributed by atoms with E-state index in [-0.39, 0.29) is 35.7 Å². The normalized spacial score (nSPS) is 20.0. The number of carbonyl (C=O) groups excluding carboxylic acids is 4. The average Bonchev–Trinajstić information content (AvgIpc) is 4.02. The van der Waals surface area contributed by atoms with Crippen molar-refractivity contribution in [3.8, 4) is 11.3 Å². The molecular formula is C36H52N12O6. The largest absolute Gasteiger partial charge is 0.453 e. The molecule has 4 N–H and O–H groups in total. The molecule has 6 heterocycles. The lowest BCUT2D eigenvalue weighted by atomic mass is 10.0. The summed E-state index contributed by atoms with van der Waals surface area (Å²) in [5, 5.41) is 5.37. The van der Waals surface area contributed by atoms with Crippen LogP contribution in [-0.2, 0) is 19.1 Å². The molecule has 18 heteroatoms. The molecule has 6 rings (SSSR count). The first-order valence-corrected chi connectivity index (χ1v) is 18.7. The summed E-state index contributed by atoms with van der Waals surface area (Å²) in [4.78, 5) is 84.3. The van der Waals surface area contributed by atoms with Crippen molar-refractivity contribution >= 4 is 35.8 Å². The molecule has 0 spiro atoms. The molecule has 3 aromatic rings. The van der Waals surface area contributed by atoms with Crippen molar-refractivity contribution in [2.45, 2.75) is 77.5 Å². The number of nitrogens with one attached hydrogen (secondary N) is 4. The van der Waals surface area contributed by atoms with E-state index in [9.17, 15) is 19.2 Å². The van der Waals surface area contributed by atoms with Crippen molar-refractivity contribution < 1.29 is 28.7 Å². The number of aromatic amines is 2. The van der Waals surface area contributed by atoms with Crippen LogP contribution >= 0.6 is 0 Å². The SMILES string of the molecule is COC(=O)NC(C(=O)N1CCCC1c1ncc(-c2cnc(N3CCN(c4cnc(C5CCCN5C(=O)C(NC(=O)OC)C(C)C)[nH]4)CC3)nc2)[nH]1)C(C)C. The molecule has 0 saturated carbocycles. The van der Waals surface area contributed by atoms with Gasteiger partial charge >= 0.3 is 12.2 Å². The highest BCUT2D eigenvalue weighted by Crippen LogP contribution is 2.34. The Morgan fingerprint density at radius 1 is 0.667 bits per heavy atom. The predicted molar refractivity (Wildman–Crippen MR) is 198 cm³/mol. The fraction of sp³-hybridized carbons (Fsp3) is 0.611. The van der Waals surface area contributed by atoms with Gasteiger partial charge in [0, 0.05) is 57.2 Å². The van der Waals surface area contributed by atoms with Crippen LogP contribution in [0.4, 0.5) is 21.4 Å². The third kappa shape index (κ3) is 8.21. The quantitative estimate of drug-likeness (QED) is 0.223. The van der Waals surface area contributed by atoms with Gasteiger partial charge in [0.25, 0.3) is 0 Å². The predicted octanol–water partition coefficient (Wildman–Crippen LogP) is 3.00. The Morgan fingerprint density at radius 3 is 1.65 bits per heavy atom. The summed E-state index contributed by atoms with van der Waals surface area (Å²) in [7, 11) is 2.57. The molecule has 0 aromatic carbocycles. The zero-order chi connectivity index (χ0) is 38.5. The third-order valence-corrected chi connectivity index (χ3v) is 10.5. The van der Waals surface area contributed by atoms with Crippen LogP contribution in [0.25, 0.3) is 11.3 Å². The standard InChI is InChI=1S/C36H52N12O6/c1-21(2)28(43-35(51)53-5)32(49)47-11-7-9-25(47)30-37-19-24(41-30)23-17-39-34(40-18-23)46-15-13-45(14-16-46)27-20-38-31(42-27)26-10-8-12-48(26)33(50)29(22(3)4)44-36(52)54-6/h17-22,25-26,28-29H,7-16H2,1-6H3,(H,37,41)(H,38,42)(H,43,51)(H,44,52). The van der Waals surface area contributed by atoms with Gasteiger partial charge in [-0.05, 0) is 37.5 Å². The van der Waals surface area contributed by atoms with Crippen LogP contribution in [-0.4, -0.2) is 129 Å². The summed E-state index contributed by atoms with van der Waals surface area (Å²) in [5.41, 5.74) is 1.54. The number of ether oxygens (including phenoxy) is 2. The summed E-state index contributed by atoms with van der Waals surface area (Å²) in [6.07, 6.45) is 9.09. The Bertz CT molecular complexity index is 1770. The second-order valence-electron chi connectivity index (χ2n) is 14.7. The minimum Gasteiger partial charge on any atom is -0.453 e. The molecule has 3 fully saturated rings. The van der Waals surface area contributed by atoms with Gasteiger partial charge < -0.3 is 49.7 Å². The summed E-state index contributed by atoms with van der Waals surface area (Å²) < 4.78 is 9.49. The zero-order valence-corrected chi connectivity index (χ0v) is 31.9. The van der Waals surface area contributed by atoms with E-state index in [0.717, 1.165) is 61.7 Å². The second kappa shape index (κ2) is 16.7. The van der Waals surface area contributed by atoms with Crippen LogP contribution in [0.5, 0.6) is 0 Å². The molecule has 0 aliphatic carbocycles. The number of anilines is 2. The maximum absolute atomic E-state index is 13.5. The topological polar surface area (TPSA) is 207 Å². The molecular weight excluding hydrogens is 696 g/mol. The Morgan fingerprint density at radius 2 is 1.15 bits per heavy atom. The molecule has 3 aliphatic heterocycles. The minimum absolute atomic E-state index is 0.102. The van der Waals surface area contributed by atoms with Gasteiger partial charge in [-0.3, -0.25) is 9.59 Å². The zero-order valence-electron chi connectivity index (χ0n) is 31.9. The number of nitrogens with zero attached hydrogens (tertiary/aromatic N) is 8.